The van der Waals surface area contributed by atoms with Gasteiger partial charge in [-0.1, -0.05) is 30.3 Å². The summed E-state index contributed by atoms with van der Waals surface area (Å²) in [6, 6.07) is 17.4. The number of aromatic nitrogens is 1. The highest BCUT2D eigenvalue weighted by atomic mass is 16.5. The Balaban J connectivity index is 1.14. The molecule has 6 fully saturated rings. The first-order valence-corrected chi connectivity index (χ1v) is 18.7. The Hall–Kier alpha value is -2.87. The number of para-hydroxylation sites is 1. The molecule has 0 unspecified atom stereocenters. The first-order chi connectivity index (χ1) is 22.9. The predicted octanol–water partition coefficient (Wildman–Crippen LogP) is 5.94. The van der Waals surface area contributed by atoms with E-state index >= 15 is 0 Å². The number of carbonyl (C=O) groups is 1. The number of hydrogen-bond donors (Lipinski definition) is 2. The highest BCUT2D eigenvalue weighted by Gasteiger charge is 2.79. The molecule has 2 bridgehead atoms. The first kappa shape index (κ1) is 28.0. The van der Waals surface area contributed by atoms with Gasteiger partial charge in [0.1, 0.15) is 0 Å². The van der Waals surface area contributed by atoms with Crippen LogP contribution in [-0.4, -0.2) is 76.4 Å². The average molecular weight is 633 g/mol. The molecule has 3 saturated carbocycles. The van der Waals surface area contributed by atoms with Gasteiger partial charge in [0.2, 0.25) is 0 Å². The van der Waals surface area contributed by atoms with Crippen LogP contribution in [0.25, 0.3) is 10.9 Å². The van der Waals surface area contributed by atoms with Gasteiger partial charge in [0.15, 0.2) is 0 Å². The Morgan fingerprint density at radius 1 is 0.979 bits per heavy atom. The van der Waals surface area contributed by atoms with Crippen molar-refractivity contribution in [2.75, 3.05) is 38.6 Å². The van der Waals surface area contributed by atoms with Crippen LogP contribution in [0.1, 0.15) is 99.2 Å². The third kappa shape index (κ3) is 3.03. The van der Waals surface area contributed by atoms with Gasteiger partial charge in [-0.25, -0.2) is 0 Å². The van der Waals surface area contributed by atoms with Crippen molar-refractivity contribution in [2.45, 2.75) is 106 Å². The van der Waals surface area contributed by atoms with Crippen LogP contribution in [0.2, 0.25) is 0 Å². The van der Waals surface area contributed by atoms with Crippen LogP contribution >= 0.6 is 0 Å². The van der Waals surface area contributed by atoms with Crippen molar-refractivity contribution < 1.29 is 14.6 Å². The van der Waals surface area contributed by atoms with Crippen LogP contribution in [0.3, 0.4) is 0 Å². The normalized spacial score (nSPS) is 41.5. The van der Waals surface area contributed by atoms with E-state index < -0.39 is 0 Å². The average Bonchev–Trinajstić information content (AvgIpc) is 3.76. The van der Waals surface area contributed by atoms with E-state index in [1.54, 1.807) is 7.11 Å². The van der Waals surface area contributed by atoms with E-state index in [1.807, 2.05) is 0 Å². The summed E-state index contributed by atoms with van der Waals surface area (Å²) in [5.41, 5.74) is 8.06. The summed E-state index contributed by atoms with van der Waals surface area (Å²) in [4.78, 5) is 19.3. The van der Waals surface area contributed by atoms with E-state index in [9.17, 15) is 9.90 Å². The van der Waals surface area contributed by atoms with Crippen LogP contribution < -0.4 is 5.32 Å². The second-order valence-corrected chi connectivity index (χ2v) is 17.0. The van der Waals surface area contributed by atoms with E-state index in [2.05, 4.69) is 69.1 Å². The zero-order valence-corrected chi connectivity index (χ0v) is 27.9. The minimum atomic E-state index is -0.381. The quantitative estimate of drug-likeness (QED) is 0.349. The zero-order chi connectivity index (χ0) is 31.5. The lowest BCUT2D eigenvalue weighted by molar-refractivity contribution is -0.171. The molecule has 7 heteroatoms. The second kappa shape index (κ2) is 9.02. The number of benzene rings is 2. The lowest BCUT2D eigenvalue weighted by Gasteiger charge is -2.69. The van der Waals surface area contributed by atoms with Gasteiger partial charge in [-0.2, -0.15) is 0 Å². The van der Waals surface area contributed by atoms with Crippen molar-refractivity contribution in [3.63, 3.8) is 0 Å². The largest absolute Gasteiger partial charge is 0.469 e. The molecule has 6 aliphatic heterocycles. The third-order valence-corrected chi connectivity index (χ3v) is 15.8. The monoisotopic (exact) mass is 632 g/mol. The lowest BCUT2D eigenvalue weighted by atomic mass is 9.39. The standard InChI is InChI=1S/C40H48N4O3/c1-24(45)38-13-6-17-42-19-11-27-26-7-3-4-8-31(26)44(33(27)34(38)42)32(23-38)25-9-10-30-28(21-25)39-16-20-43-18-5-12-37(36(39)43)14-15-40(39,41-30)29(22-37)35(46)47-2/h3-4,7-10,21,24,29,32,34,36,41,45H,5-6,11-20,22-23H2,1-2H3/t24-,29+,32-,34-,36+,37-,38+,39-,40-/m1/s1. The molecule has 2 aromatic carbocycles. The van der Waals surface area contributed by atoms with E-state index in [-0.39, 0.29) is 51.9 Å². The molecule has 3 saturated heterocycles. The summed E-state index contributed by atoms with van der Waals surface area (Å²) in [6.45, 7) is 6.59. The minimum absolute atomic E-state index is 0.0176. The van der Waals surface area contributed by atoms with E-state index in [4.69, 9.17) is 4.74 Å². The Morgan fingerprint density at radius 3 is 2.70 bits per heavy atom. The van der Waals surface area contributed by atoms with Crippen molar-refractivity contribution in [2.24, 2.45) is 16.7 Å². The minimum Gasteiger partial charge on any atom is -0.469 e. The first-order valence-electron chi connectivity index (χ1n) is 18.7. The van der Waals surface area contributed by atoms with Gasteiger partial charge in [0.05, 0.1) is 36.8 Å². The molecular weight excluding hydrogens is 584 g/mol. The van der Waals surface area contributed by atoms with Gasteiger partial charge in [-0.15, -0.1) is 0 Å². The molecule has 0 amide bonds. The number of piperidine rings is 2. The highest BCUT2D eigenvalue weighted by Crippen LogP contribution is 2.74. The Labute approximate surface area is 277 Å². The van der Waals surface area contributed by atoms with Gasteiger partial charge >= 0.3 is 5.97 Å². The number of nitrogens with one attached hydrogen (secondary N) is 1. The van der Waals surface area contributed by atoms with Crippen molar-refractivity contribution in [1.82, 2.24) is 14.4 Å². The molecular formula is C40H48N4O3. The topological polar surface area (TPSA) is 70.0 Å². The number of carbonyl (C=O) groups excluding carboxylic acids is 1. The van der Waals surface area contributed by atoms with E-state index in [0.717, 1.165) is 64.6 Å². The SMILES string of the molecule is COC(=O)[C@@H]1C[C@@]23CCCN4CC[C@@]5(c6cc([C@H]7C[C@]8([C@@H](C)O)CCCN9CCc%10c(n7c7ccccc%107)[C@@H]98)ccc6N[C@]15CC2)[C@@H]43. The number of nitrogens with zero attached hydrogens (tertiary/aromatic N) is 3. The summed E-state index contributed by atoms with van der Waals surface area (Å²) in [5.74, 6) is -0.134. The third-order valence-electron chi connectivity index (χ3n) is 15.8. The zero-order valence-electron chi connectivity index (χ0n) is 27.9. The molecule has 9 atom stereocenters. The number of fused-ring (bicyclic) bond motifs is 6. The van der Waals surface area contributed by atoms with Gasteiger partial charge in [0.25, 0.3) is 0 Å². The molecule has 7 heterocycles. The molecule has 3 aromatic rings. The lowest BCUT2D eigenvalue weighted by Crippen LogP contribution is -2.76. The van der Waals surface area contributed by atoms with E-state index in [1.165, 1.54) is 64.8 Å². The maximum atomic E-state index is 13.7. The molecule has 0 radical (unpaired) electrons. The van der Waals surface area contributed by atoms with Crippen molar-refractivity contribution >= 4 is 22.6 Å². The number of methoxy groups -OCH3 is 1. The molecule has 2 N–H and O–H groups in total. The van der Waals surface area contributed by atoms with Crippen LogP contribution in [0.5, 0.6) is 0 Å². The maximum Gasteiger partial charge on any atom is 0.311 e. The van der Waals surface area contributed by atoms with Crippen molar-refractivity contribution in [3.05, 3.63) is 64.8 Å². The van der Waals surface area contributed by atoms with E-state index in [0.29, 0.717) is 6.04 Å². The van der Waals surface area contributed by atoms with Crippen molar-refractivity contribution in [3.8, 4) is 0 Å². The summed E-state index contributed by atoms with van der Waals surface area (Å²) < 4.78 is 8.32. The predicted molar refractivity (Wildman–Crippen MR) is 182 cm³/mol. The highest BCUT2D eigenvalue weighted by molar-refractivity contribution is 5.87. The number of anilines is 1. The summed E-state index contributed by atoms with van der Waals surface area (Å²) in [7, 11) is 1.59. The summed E-state index contributed by atoms with van der Waals surface area (Å²) in [6.07, 6.45) is 10.7. The van der Waals surface area contributed by atoms with Crippen LogP contribution in [0, 0.1) is 16.7 Å². The Morgan fingerprint density at radius 2 is 1.83 bits per heavy atom. The number of hydrogen-bond acceptors (Lipinski definition) is 6. The van der Waals surface area contributed by atoms with Gasteiger partial charge in [0, 0.05) is 45.7 Å². The molecule has 9 aliphatic rings. The number of aliphatic hydroxyl groups is 1. The number of aliphatic hydroxyl groups excluding tert-OH is 1. The second-order valence-electron chi connectivity index (χ2n) is 17.0. The molecule has 12 rings (SSSR count). The van der Waals surface area contributed by atoms with Crippen LogP contribution in [0.4, 0.5) is 5.69 Å². The van der Waals surface area contributed by atoms with Gasteiger partial charge < -0.3 is 19.7 Å². The molecule has 246 valence electrons. The maximum absolute atomic E-state index is 13.7. The fourth-order valence-corrected chi connectivity index (χ4v) is 14.3. The summed E-state index contributed by atoms with van der Waals surface area (Å²) in [5, 5.41) is 17.3. The number of rotatable bonds is 3. The summed E-state index contributed by atoms with van der Waals surface area (Å²) >= 11 is 0. The fourth-order valence-electron chi connectivity index (χ4n) is 14.3. The molecule has 3 spiro atoms. The van der Waals surface area contributed by atoms with Gasteiger partial charge in [-0.3, -0.25) is 14.6 Å². The molecule has 7 nitrogen and oxygen atoms in total. The number of ether oxygens (including phenoxy) is 1. The molecule has 47 heavy (non-hydrogen) atoms. The Kier molecular flexibility index (Phi) is 5.38. The van der Waals surface area contributed by atoms with Crippen LogP contribution in [-0.2, 0) is 21.4 Å². The fraction of sp³-hybridized carbons (Fsp3) is 0.625. The van der Waals surface area contributed by atoms with Crippen molar-refractivity contribution in [1.29, 1.82) is 0 Å². The Bertz CT molecular complexity index is 1870. The number of esters is 1. The van der Waals surface area contributed by atoms with Crippen LogP contribution in [0.15, 0.2) is 42.5 Å². The molecule has 1 aromatic heterocycles. The van der Waals surface area contributed by atoms with Gasteiger partial charge in [-0.05, 0) is 125 Å². The smallest absolute Gasteiger partial charge is 0.311 e. The molecule has 3 aliphatic carbocycles.